The first-order valence-corrected chi connectivity index (χ1v) is 13.9. The minimum Gasteiger partial charge on any atom is -0.496 e. The molecule has 9 heteroatoms. The smallest absolute Gasteiger partial charge is 0.266 e. The molecule has 0 aliphatic heterocycles. The van der Waals surface area contributed by atoms with Gasteiger partial charge < -0.3 is 19.7 Å². The summed E-state index contributed by atoms with van der Waals surface area (Å²) in [5, 5.41) is 13.3. The van der Waals surface area contributed by atoms with Crippen LogP contribution >= 0.6 is 22.9 Å². The van der Waals surface area contributed by atoms with Gasteiger partial charge in [0, 0.05) is 40.3 Å². The molecule has 4 aromatic rings. The number of nitrogens with one attached hydrogen (secondary N) is 1. The maximum absolute atomic E-state index is 14.1. The highest BCUT2D eigenvalue weighted by atomic mass is 35.5. The van der Waals surface area contributed by atoms with Gasteiger partial charge in [-0.05, 0) is 62.6 Å². The molecule has 0 radical (unpaired) electrons. The molecule has 0 bridgehead atoms. The molecule has 1 amide bonds. The number of ether oxygens (including phenoxy) is 2. The van der Waals surface area contributed by atoms with Crippen LogP contribution in [-0.4, -0.2) is 54.4 Å². The second kappa shape index (κ2) is 11.7. The third-order valence-electron chi connectivity index (χ3n) is 7.28. The summed E-state index contributed by atoms with van der Waals surface area (Å²) in [7, 11) is 5.20. The summed E-state index contributed by atoms with van der Waals surface area (Å²) in [6.07, 6.45) is 3.93. The predicted molar refractivity (Wildman–Crippen MR) is 152 cm³/mol. The number of amides is 1. The van der Waals surface area contributed by atoms with Gasteiger partial charge in [0.2, 0.25) is 5.88 Å². The number of thiophene rings is 1. The summed E-state index contributed by atoms with van der Waals surface area (Å²) in [6, 6.07) is 18.1. The summed E-state index contributed by atoms with van der Waals surface area (Å²) < 4.78 is 11.8. The van der Waals surface area contributed by atoms with Gasteiger partial charge >= 0.3 is 0 Å². The van der Waals surface area contributed by atoms with Crippen molar-refractivity contribution in [1.82, 2.24) is 20.4 Å². The van der Waals surface area contributed by atoms with Crippen LogP contribution in [0.2, 0.25) is 5.02 Å². The Morgan fingerprint density at radius 1 is 1.05 bits per heavy atom. The fourth-order valence-corrected chi connectivity index (χ4v) is 6.62. The van der Waals surface area contributed by atoms with Crippen LogP contribution in [0.1, 0.15) is 40.9 Å². The van der Waals surface area contributed by atoms with E-state index in [2.05, 4.69) is 15.5 Å². The van der Waals surface area contributed by atoms with E-state index in [1.807, 2.05) is 60.5 Å². The quantitative estimate of drug-likeness (QED) is 0.281. The van der Waals surface area contributed by atoms with Crippen molar-refractivity contribution in [3.05, 3.63) is 70.1 Å². The van der Waals surface area contributed by atoms with E-state index in [4.69, 9.17) is 21.1 Å². The summed E-state index contributed by atoms with van der Waals surface area (Å²) >= 11 is 8.23. The van der Waals surface area contributed by atoms with Gasteiger partial charge in [-0.2, -0.15) is 0 Å². The van der Waals surface area contributed by atoms with Crippen LogP contribution in [0, 0.1) is 0 Å². The zero-order valence-electron chi connectivity index (χ0n) is 21.7. The Morgan fingerprint density at radius 3 is 2.50 bits per heavy atom. The Kier molecular flexibility index (Phi) is 8.12. The molecule has 1 N–H and O–H groups in total. The second-order valence-electron chi connectivity index (χ2n) is 9.46. The number of aromatic nitrogens is 2. The van der Waals surface area contributed by atoms with E-state index in [-0.39, 0.29) is 11.9 Å². The molecule has 38 heavy (non-hydrogen) atoms. The monoisotopic (exact) mass is 550 g/mol. The Hall–Kier alpha value is -3.20. The number of carbonyl (C=O) groups is 1. The molecule has 1 aliphatic carbocycles. The third kappa shape index (κ3) is 5.34. The van der Waals surface area contributed by atoms with E-state index >= 15 is 0 Å². The first-order chi connectivity index (χ1) is 18.5. The molecule has 1 aliphatic rings. The van der Waals surface area contributed by atoms with Crippen molar-refractivity contribution in [2.45, 2.75) is 44.3 Å². The maximum atomic E-state index is 14.1. The highest BCUT2D eigenvalue weighted by Gasteiger charge is 2.31. The standard InChI is InChI=1S/C29H31ClN4O3S/c1-31-19-9-11-20(12-10-19)34(29(35)28-27(30)21-6-4-5-7-25(21)38-28)17-18-8-14-24(36-2)22(16-18)23-13-15-26(37-3)33-32-23/h4-8,13-16,19-20,31H,9-12,17H2,1-3H3. The number of halogens is 1. The Bertz CT molecular complexity index is 1420. The van der Waals surface area contributed by atoms with E-state index < -0.39 is 0 Å². The minimum atomic E-state index is -0.0225. The lowest BCUT2D eigenvalue weighted by Gasteiger charge is -2.37. The summed E-state index contributed by atoms with van der Waals surface area (Å²) in [6.45, 7) is 0.457. The summed E-state index contributed by atoms with van der Waals surface area (Å²) in [5.41, 5.74) is 2.47. The van der Waals surface area contributed by atoms with Crippen LogP contribution in [0.25, 0.3) is 21.3 Å². The molecule has 0 atom stereocenters. The molecule has 1 saturated carbocycles. The molecular weight excluding hydrogens is 520 g/mol. The highest BCUT2D eigenvalue weighted by molar-refractivity contribution is 7.21. The van der Waals surface area contributed by atoms with E-state index in [1.54, 1.807) is 20.3 Å². The van der Waals surface area contributed by atoms with Gasteiger partial charge in [-0.1, -0.05) is 35.9 Å². The second-order valence-corrected chi connectivity index (χ2v) is 10.9. The van der Waals surface area contributed by atoms with Crippen molar-refractivity contribution >= 4 is 38.9 Å². The fraction of sp³-hybridized carbons (Fsp3) is 0.345. The Labute approximate surface area is 231 Å². The number of hydrogen-bond acceptors (Lipinski definition) is 7. The molecule has 0 unspecified atom stereocenters. The largest absolute Gasteiger partial charge is 0.496 e. The number of hydrogen-bond donors (Lipinski definition) is 1. The van der Waals surface area contributed by atoms with Gasteiger partial charge in [-0.3, -0.25) is 4.79 Å². The Morgan fingerprint density at radius 2 is 1.84 bits per heavy atom. The maximum Gasteiger partial charge on any atom is 0.266 e. The summed E-state index contributed by atoms with van der Waals surface area (Å²) in [4.78, 5) is 16.7. The highest BCUT2D eigenvalue weighted by Crippen LogP contribution is 2.38. The number of rotatable bonds is 8. The lowest BCUT2D eigenvalue weighted by Crippen LogP contribution is -2.44. The number of benzene rings is 2. The first kappa shape index (κ1) is 26.4. The van der Waals surface area contributed by atoms with Gasteiger partial charge in [-0.15, -0.1) is 21.5 Å². The van der Waals surface area contributed by atoms with Crippen molar-refractivity contribution in [3.8, 4) is 22.9 Å². The fourth-order valence-electron chi connectivity index (χ4n) is 5.15. The first-order valence-electron chi connectivity index (χ1n) is 12.7. The van der Waals surface area contributed by atoms with Crippen LogP contribution in [0.3, 0.4) is 0 Å². The lowest BCUT2D eigenvalue weighted by molar-refractivity contribution is 0.0606. The number of carbonyl (C=O) groups excluding carboxylic acids is 1. The van der Waals surface area contributed by atoms with Gasteiger partial charge in [-0.25, -0.2) is 0 Å². The summed E-state index contributed by atoms with van der Waals surface area (Å²) in [5.74, 6) is 1.11. The molecular formula is C29H31ClN4O3S. The van der Waals surface area contributed by atoms with E-state index in [0.29, 0.717) is 39.8 Å². The van der Waals surface area contributed by atoms with Gasteiger partial charge in [0.1, 0.15) is 10.6 Å². The van der Waals surface area contributed by atoms with Crippen molar-refractivity contribution in [1.29, 1.82) is 0 Å². The third-order valence-corrected chi connectivity index (χ3v) is 8.94. The molecule has 198 valence electrons. The average molecular weight is 551 g/mol. The van der Waals surface area contributed by atoms with Crippen LogP contribution in [-0.2, 0) is 6.54 Å². The molecule has 1 fully saturated rings. The van der Waals surface area contributed by atoms with Gasteiger partial charge in [0.15, 0.2) is 0 Å². The van der Waals surface area contributed by atoms with E-state index in [0.717, 1.165) is 46.9 Å². The number of nitrogens with zero attached hydrogens (tertiary/aromatic N) is 3. The van der Waals surface area contributed by atoms with Crippen molar-refractivity contribution in [2.24, 2.45) is 0 Å². The zero-order chi connectivity index (χ0) is 26.6. The van der Waals surface area contributed by atoms with Crippen LogP contribution in [0.5, 0.6) is 11.6 Å². The van der Waals surface area contributed by atoms with Crippen LogP contribution < -0.4 is 14.8 Å². The SMILES string of the molecule is CNC1CCC(N(Cc2ccc(OC)c(-c3ccc(OC)nn3)c2)C(=O)c2sc3ccccc3c2Cl)CC1. The zero-order valence-corrected chi connectivity index (χ0v) is 23.3. The molecule has 0 saturated heterocycles. The van der Waals surface area contributed by atoms with Crippen LogP contribution in [0.4, 0.5) is 0 Å². The van der Waals surface area contributed by atoms with Crippen LogP contribution in [0.15, 0.2) is 54.6 Å². The number of methoxy groups -OCH3 is 2. The van der Waals surface area contributed by atoms with E-state index in [9.17, 15) is 4.79 Å². The molecule has 5 rings (SSSR count). The molecule has 2 aromatic carbocycles. The molecule has 0 spiro atoms. The Balaban J connectivity index is 1.50. The topological polar surface area (TPSA) is 76.6 Å². The van der Waals surface area contributed by atoms with E-state index in [1.165, 1.54) is 11.3 Å². The predicted octanol–water partition coefficient (Wildman–Crippen LogP) is 6.20. The van der Waals surface area contributed by atoms with Crippen molar-refractivity contribution < 1.29 is 14.3 Å². The van der Waals surface area contributed by atoms with Crippen molar-refractivity contribution in [2.75, 3.05) is 21.3 Å². The number of fused-ring (bicyclic) bond motifs is 1. The molecule has 2 heterocycles. The van der Waals surface area contributed by atoms with Gasteiger partial charge in [0.25, 0.3) is 5.91 Å². The average Bonchev–Trinajstić information content (AvgIpc) is 3.32. The molecule has 7 nitrogen and oxygen atoms in total. The molecule has 2 aromatic heterocycles. The lowest BCUT2D eigenvalue weighted by atomic mass is 9.89. The minimum absolute atomic E-state index is 0.0225. The van der Waals surface area contributed by atoms with Crippen molar-refractivity contribution in [3.63, 3.8) is 0 Å². The normalized spacial score (nSPS) is 17.4. The van der Waals surface area contributed by atoms with Gasteiger partial charge in [0.05, 0.1) is 24.9 Å².